The van der Waals surface area contributed by atoms with Crippen LogP contribution >= 0.6 is 11.6 Å². The number of hydrogen-bond acceptors (Lipinski definition) is 4. The van der Waals surface area contributed by atoms with E-state index in [4.69, 9.17) is 22.0 Å². The van der Waals surface area contributed by atoms with E-state index in [0.29, 0.717) is 6.42 Å². The number of aliphatic hydroxyl groups is 1. The Balaban J connectivity index is 3.20. The van der Waals surface area contributed by atoms with E-state index in [2.05, 4.69) is 4.72 Å². The van der Waals surface area contributed by atoms with Gasteiger partial charge in [-0.3, -0.25) is 0 Å². The van der Waals surface area contributed by atoms with Crippen molar-refractivity contribution in [1.29, 1.82) is 5.26 Å². The van der Waals surface area contributed by atoms with Crippen molar-refractivity contribution in [1.82, 2.24) is 4.72 Å². The topological polar surface area (TPSA) is 90.2 Å². The molecule has 7 heteroatoms. The molecule has 2 N–H and O–H groups in total. The van der Waals surface area contributed by atoms with Gasteiger partial charge in [-0.2, -0.15) is 5.26 Å². The van der Waals surface area contributed by atoms with Crippen LogP contribution in [0.2, 0.25) is 5.02 Å². The van der Waals surface area contributed by atoms with Crippen molar-refractivity contribution in [2.75, 3.05) is 6.61 Å². The molecule has 0 aliphatic heterocycles. The number of nitrogens with zero attached hydrogens (tertiary/aromatic N) is 1. The van der Waals surface area contributed by atoms with Gasteiger partial charge in [0.2, 0.25) is 10.0 Å². The van der Waals surface area contributed by atoms with Gasteiger partial charge in [-0.15, -0.1) is 0 Å². The van der Waals surface area contributed by atoms with Crippen LogP contribution in [0, 0.1) is 11.3 Å². The van der Waals surface area contributed by atoms with Crippen LogP contribution in [-0.4, -0.2) is 26.2 Å². The fourth-order valence-electron chi connectivity index (χ4n) is 1.34. The summed E-state index contributed by atoms with van der Waals surface area (Å²) in [5.74, 6) is 0. The molecule has 98 valence electrons. The molecular weight excluding hydrogens is 276 g/mol. The van der Waals surface area contributed by atoms with E-state index in [9.17, 15) is 8.42 Å². The van der Waals surface area contributed by atoms with Crippen molar-refractivity contribution in [3.63, 3.8) is 0 Å². The molecule has 18 heavy (non-hydrogen) atoms. The first kappa shape index (κ1) is 14.9. The number of rotatable bonds is 5. The minimum Gasteiger partial charge on any atom is -0.395 e. The molecule has 0 radical (unpaired) electrons. The van der Waals surface area contributed by atoms with Crippen LogP contribution in [0.1, 0.15) is 18.9 Å². The molecule has 1 atom stereocenters. The van der Waals surface area contributed by atoms with Gasteiger partial charge in [0, 0.05) is 11.1 Å². The quantitative estimate of drug-likeness (QED) is 0.853. The second-order valence-corrected chi connectivity index (χ2v) is 5.78. The third-order valence-corrected chi connectivity index (χ3v) is 4.18. The van der Waals surface area contributed by atoms with Crippen LogP contribution in [0.5, 0.6) is 0 Å². The maximum absolute atomic E-state index is 12.1. The lowest BCUT2D eigenvalue weighted by Crippen LogP contribution is -2.37. The Hall–Kier alpha value is -1.13. The highest BCUT2D eigenvalue weighted by Crippen LogP contribution is 2.20. The molecule has 0 spiro atoms. The summed E-state index contributed by atoms with van der Waals surface area (Å²) < 4.78 is 26.4. The van der Waals surface area contributed by atoms with E-state index in [-0.39, 0.29) is 22.1 Å². The summed E-state index contributed by atoms with van der Waals surface area (Å²) in [6.07, 6.45) is 0.443. The first-order chi connectivity index (χ1) is 8.44. The van der Waals surface area contributed by atoms with E-state index >= 15 is 0 Å². The number of nitrogens with one attached hydrogen (secondary N) is 1. The maximum atomic E-state index is 12.1. The summed E-state index contributed by atoms with van der Waals surface area (Å²) in [7, 11) is -3.87. The molecule has 0 saturated carbocycles. The lowest BCUT2D eigenvalue weighted by molar-refractivity contribution is 0.254. The zero-order chi connectivity index (χ0) is 13.8. The molecule has 0 heterocycles. The summed E-state index contributed by atoms with van der Waals surface area (Å²) in [4.78, 5) is -0.176. The summed E-state index contributed by atoms with van der Waals surface area (Å²) in [6.45, 7) is 1.44. The second-order valence-electron chi connectivity index (χ2n) is 3.66. The molecule has 1 aromatic rings. The lowest BCUT2D eigenvalue weighted by atomic mass is 10.2. The highest BCUT2D eigenvalue weighted by Gasteiger charge is 2.22. The average molecular weight is 289 g/mol. The summed E-state index contributed by atoms with van der Waals surface area (Å²) in [5.41, 5.74) is 0.0136. The Bertz CT molecular complexity index is 562. The van der Waals surface area contributed by atoms with Crippen molar-refractivity contribution in [3.05, 3.63) is 28.8 Å². The van der Waals surface area contributed by atoms with Gasteiger partial charge in [-0.1, -0.05) is 18.5 Å². The normalized spacial score (nSPS) is 13.0. The largest absolute Gasteiger partial charge is 0.395 e. The van der Waals surface area contributed by atoms with E-state index in [0.717, 1.165) is 0 Å². The van der Waals surface area contributed by atoms with E-state index in [1.165, 1.54) is 18.2 Å². The monoisotopic (exact) mass is 288 g/mol. The van der Waals surface area contributed by atoms with Crippen molar-refractivity contribution >= 4 is 21.6 Å². The van der Waals surface area contributed by atoms with Crippen LogP contribution in [0.25, 0.3) is 0 Å². The van der Waals surface area contributed by atoms with Crippen LogP contribution in [0.3, 0.4) is 0 Å². The first-order valence-corrected chi connectivity index (χ1v) is 7.13. The molecule has 0 aliphatic rings. The molecule has 0 bridgehead atoms. The molecule has 0 aliphatic carbocycles. The SMILES string of the molecule is CC[C@@H](CO)NS(=O)(=O)c1cc(Cl)ccc1C#N. The Labute approximate surface area is 111 Å². The van der Waals surface area contributed by atoms with Crippen LogP contribution in [0.15, 0.2) is 23.1 Å². The van der Waals surface area contributed by atoms with Crippen LogP contribution in [-0.2, 0) is 10.0 Å². The Morgan fingerprint density at radius 2 is 2.22 bits per heavy atom. The molecule has 5 nitrogen and oxygen atoms in total. The maximum Gasteiger partial charge on any atom is 0.242 e. The molecule has 1 rings (SSSR count). The standard InChI is InChI=1S/C11H13ClN2O3S/c1-2-10(7-15)14-18(16,17)11-5-9(12)4-3-8(11)6-13/h3-5,10,14-15H,2,7H2,1H3/t10-/m0/s1. The van der Waals surface area contributed by atoms with Gasteiger partial charge in [0.25, 0.3) is 0 Å². The number of aliphatic hydroxyl groups excluding tert-OH is 1. The molecule has 1 aromatic carbocycles. The number of nitriles is 1. The number of benzene rings is 1. The lowest BCUT2D eigenvalue weighted by Gasteiger charge is -2.15. The average Bonchev–Trinajstić information content (AvgIpc) is 2.36. The summed E-state index contributed by atoms with van der Waals surface area (Å²) in [5, 5.41) is 18.1. The zero-order valence-corrected chi connectivity index (χ0v) is 11.3. The molecule has 0 aromatic heterocycles. The number of halogens is 1. The number of sulfonamides is 1. The van der Waals surface area contributed by atoms with Gasteiger partial charge in [0.15, 0.2) is 0 Å². The molecule has 0 unspecified atom stereocenters. The smallest absolute Gasteiger partial charge is 0.242 e. The van der Waals surface area contributed by atoms with Crippen LogP contribution in [0.4, 0.5) is 0 Å². The highest BCUT2D eigenvalue weighted by molar-refractivity contribution is 7.89. The second kappa shape index (κ2) is 6.16. The Kier molecular flexibility index (Phi) is 5.11. The van der Waals surface area contributed by atoms with Gasteiger partial charge in [0.05, 0.1) is 12.2 Å². The van der Waals surface area contributed by atoms with Crippen LogP contribution < -0.4 is 4.72 Å². The molecular formula is C11H13ClN2O3S. The third-order valence-electron chi connectivity index (χ3n) is 2.39. The minimum absolute atomic E-state index is 0.0136. The predicted octanol–water partition coefficient (Wildman–Crippen LogP) is 1.26. The van der Waals surface area contributed by atoms with E-state index in [1.807, 2.05) is 0 Å². The fourth-order valence-corrected chi connectivity index (χ4v) is 3.07. The van der Waals surface area contributed by atoms with Gasteiger partial charge < -0.3 is 5.11 Å². The number of hydrogen-bond donors (Lipinski definition) is 2. The molecule has 0 saturated heterocycles. The fraction of sp³-hybridized carbons (Fsp3) is 0.364. The van der Waals surface area contributed by atoms with Gasteiger partial charge in [-0.25, -0.2) is 13.1 Å². The Morgan fingerprint density at radius 3 is 2.72 bits per heavy atom. The van der Waals surface area contributed by atoms with Crippen molar-refractivity contribution in [2.45, 2.75) is 24.3 Å². The van der Waals surface area contributed by atoms with Crippen molar-refractivity contribution < 1.29 is 13.5 Å². The molecule has 0 fully saturated rings. The minimum atomic E-state index is -3.87. The summed E-state index contributed by atoms with van der Waals surface area (Å²) in [6, 6.07) is 5.22. The van der Waals surface area contributed by atoms with Crippen molar-refractivity contribution in [3.8, 4) is 6.07 Å². The van der Waals surface area contributed by atoms with E-state index in [1.54, 1.807) is 13.0 Å². The van der Waals surface area contributed by atoms with Gasteiger partial charge >= 0.3 is 0 Å². The molecule has 0 amide bonds. The summed E-state index contributed by atoms with van der Waals surface area (Å²) >= 11 is 5.73. The van der Waals surface area contributed by atoms with Gasteiger partial charge in [-0.05, 0) is 24.6 Å². The van der Waals surface area contributed by atoms with Crippen molar-refractivity contribution in [2.24, 2.45) is 0 Å². The van der Waals surface area contributed by atoms with Gasteiger partial charge in [0.1, 0.15) is 11.0 Å². The third kappa shape index (κ3) is 3.43. The highest BCUT2D eigenvalue weighted by atomic mass is 35.5. The predicted molar refractivity (Wildman–Crippen MR) is 67.7 cm³/mol. The first-order valence-electron chi connectivity index (χ1n) is 5.27. The Morgan fingerprint density at radius 1 is 1.56 bits per heavy atom. The van der Waals surface area contributed by atoms with E-state index < -0.39 is 16.1 Å². The zero-order valence-electron chi connectivity index (χ0n) is 9.72.